The second-order valence-corrected chi connectivity index (χ2v) is 7.74. The number of aliphatic hydroxyl groups is 1. The maximum atomic E-state index is 12.5. The number of thiophene rings is 1. The SMILES string of the molecule is CCc1ccc(N(C)S(=O)(=O)c2ccc(CO)s2)cc1. The predicted octanol–water partition coefficient (Wildman–Crippen LogP) is 2.63. The highest BCUT2D eigenvalue weighted by molar-refractivity contribution is 7.94. The largest absolute Gasteiger partial charge is 0.391 e. The summed E-state index contributed by atoms with van der Waals surface area (Å²) >= 11 is 1.09. The van der Waals surface area contributed by atoms with E-state index in [2.05, 4.69) is 6.92 Å². The van der Waals surface area contributed by atoms with Crippen LogP contribution < -0.4 is 4.31 Å². The van der Waals surface area contributed by atoms with E-state index in [1.807, 2.05) is 12.1 Å². The van der Waals surface area contributed by atoms with E-state index >= 15 is 0 Å². The maximum Gasteiger partial charge on any atom is 0.273 e. The number of hydrogen-bond donors (Lipinski definition) is 1. The average Bonchev–Trinajstić information content (AvgIpc) is 2.96. The van der Waals surface area contributed by atoms with Crippen molar-refractivity contribution in [1.82, 2.24) is 0 Å². The summed E-state index contributed by atoms with van der Waals surface area (Å²) in [5.41, 5.74) is 1.79. The normalized spacial score (nSPS) is 11.6. The molecule has 0 aliphatic carbocycles. The van der Waals surface area contributed by atoms with Gasteiger partial charge in [0.05, 0.1) is 12.3 Å². The first-order valence-electron chi connectivity index (χ1n) is 6.26. The summed E-state index contributed by atoms with van der Waals surface area (Å²) in [6.45, 7) is 1.91. The molecule has 0 radical (unpaired) electrons. The number of sulfonamides is 1. The van der Waals surface area contributed by atoms with Crippen molar-refractivity contribution in [3.8, 4) is 0 Å². The van der Waals surface area contributed by atoms with Gasteiger partial charge in [-0.05, 0) is 36.2 Å². The molecule has 0 fully saturated rings. The van der Waals surface area contributed by atoms with Crippen LogP contribution in [0.5, 0.6) is 0 Å². The lowest BCUT2D eigenvalue weighted by molar-refractivity contribution is 0.285. The summed E-state index contributed by atoms with van der Waals surface area (Å²) in [6.07, 6.45) is 0.918. The molecule has 108 valence electrons. The van der Waals surface area contributed by atoms with Gasteiger partial charge in [-0.1, -0.05) is 19.1 Å². The van der Waals surface area contributed by atoms with E-state index in [-0.39, 0.29) is 10.8 Å². The molecule has 1 N–H and O–H groups in total. The predicted molar refractivity (Wildman–Crippen MR) is 81.7 cm³/mol. The third-order valence-corrected chi connectivity index (χ3v) is 6.44. The van der Waals surface area contributed by atoms with Gasteiger partial charge in [0.1, 0.15) is 4.21 Å². The lowest BCUT2D eigenvalue weighted by atomic mass is 10.1. The first-order valence-corrected chi connectivity index (χ1v) is 8.52. The van der Waals surface area contributed by atoms with Crippen molar-refractivity contribution in [3.05, 3.63) is 46.8 Å². The van der Waals surface area contributed by atoms with Crippen LogP contribution in [0.3, 0.4) is 0 Å². The van der Waals surface area contributed by atoms with Crippen molar-refractivity contribution in [2.24, 2.45) is 0 Å². The quantitative estimate of drug-likeness (QED) is 0.923. The van der Waals surface area contributed by atoms with Crippen LogP contribution in [-0.4, -0.2) is 20.6 Å². The van der Waals surface area contributed by atoms with Crippen LogP contribution in [0, 0.1) is 0 Å². The fourth-order valence-electron chi connectivity index (χ4n) is 1.80. The van der Waals surface area contributed by atoms with Crippen LogP contribution in [0.4, 0.5) is 5.69 Å². The van der Waals surface area contributed by atoms with Crippen LogP contribution in [-0.2, 0) is 23.1 Å². The van der Waals surface area contributed by atoms with E-state index in [0.717, 1.165) is 17.8 Å². The minimum absolute atomic E-state index is 0.144. The Labute approximate surface area is 123 Å². The lowest BCUT2D eigenvalue weighted by Crippen LogP contribution is -2.25. The van der Waals surface area contributed by atoms with Crippen LogP contribution in [0.25, 0.3) is 0 Å². The summed E-state index contributed by atoms with van der Waals surface area (Å²) in [5.74, 6) is 0. The summed E-state index contributed by atoms with van der Waals surface area (Å²) < 4.78 is 26.4. The number of aliphatic hydroxyl groups excluding tert-OH is 1. The van der Waals surface area contributed by atoms with Crippen molar-refractivity contribution in [2.45, 2.75) is 24.2 Å². The number of rotatable bonds is 5. The Bertz CT molecular complexity index is 675. The molecule has 1 heterocycles. The Kier molecular flexibility index (Phi) is 4.47. The van der Waals surface area contributed by atoms with Crippen molar-refractivity contribution in [1.29, 1.82) is 0 Å². The molecule has 2 aromatic rings. The van der Waals surface area contributed by atoms with Crippen molar-refractivity contribution in [3.63, 3.8) is 0 Å². The van der Waals surface area contributed by atoms with Gasteiger partial charge in [-0.15, -0.1) is 11.3 Å². The molecule has 0 aliphatic heterocycles. The van der Waals surface area contributed by atoms with Crippen molar-refractivity contribution >= 4 is 27.0 Å². The number of hydrogen-bond acceptors (Lipinski definition) is 4. The van der Waals surface area contributed by atoms with Gasteiger partial charge in [-0.25, -0.2) is 8.42 Å². The Balaban J connectivity index is 2.32. The van der Waals surface area contributed by atoms with Gasteiger partial charge in [-0.3, -0.25) is 4.31 Å². The highest BCUT2D eigenvalue weighted by atomic mass is 32.2. The van der Waals surface area contributed by atoms with E-state index in [0.29, 0.717) is 10.6 Å². The molecule has 0 saturated heterocycles. The Morgan fingerprint density at radius 1 is 1.15 bits per heavy atom. The molecule has 0 atom stereocenters. The minimum atomic E-state index is -3.56. The summed E-state index contributed by atoms with van der Waals surface area (Å²) in [5, 5.41) is 9.03. The number of nitrogens with zero attached hydrogens (tertiary/aromatic N) is 1. The molecule has 0 saturated carbocycles. The van der Waals surface area contributed by atoms with Gasteiger partial charge in [-0.2, -0.15) is 0 Å². The molecule has 4 nitrogen and oxygen atoms in total. The average molecular weight is 311 g/mol. The first kappa shape index (κ1) is 15.0. The number of aryl methyl sites for hydroxylation is 1. The zero-order valence-corrected chi connectivity index (χ0v) is 13.0. The smallest absolute Gasteiger partial charge is 0.273 e. The second kappa shape index (κ2) is 5.95. The minimum Gasteiger partial charge on any atom is -0.391 e. The third-order valence-electron chi connectivity index (χ3n) is 3.12. The summed E-state index contributed by atoms with van der Waals surface area (Å²) in [4.78, 5) is 0.637. The van der Waals surface area contributed by atoms with E-state index in [4.69, 9.17) is 5.11 Å². The molecule has 20 heavy (non-hydrogen) atoms. The standard InChI is InChI=1S/C14H17NO3S2/c1-3-11-4-6-12(7-5-11)15(2)20(17,18)14-9-8-13(10-16)19-14/h4-9,16H,3,10H2,1-2H3. The topological polar surface area (TPSA) is 57.6 Å². The molecule has 1 aromatic heterocycles. The van der Waals surface area contributed by atoms with Gasteiger partial charge in [0.25, 0.3) is 10.0 Å². The van der Waals surface area contributed by atoms with E-state index in [1.165, 1.54) is 23.0 Å². The van der Waals surface area contributed by atoms with Crippen molar-refractivity contribution in [2.75, 3.05) is 11.4 Å². The molecule has 0 unspecified atom stereocenters. The molecule has 0 aliphatic rings. The van der Waals surface area contributed by atoms with Crippen LogP contribution in [0.15, 0.2) is 40.6 Å². The van der Waals surface area contributed by atoms with Crippen molar-refractivity contribution < 1.29 is 13.5 Å². The third kappa shape index (κ3) is 2.87. The lowest BCUT2D eigenvalue weighted by Gasteiger charge is -2.18. The molecular formula is C14H17NO3S2. The van der Waals surface area contributed by atoms with Crippen LogP contribution in [0.1, 0.15) is 17.4 Å². The molecule has 2 rings (SSSR count). The summed E-state index contributed by atoms with van der Waals surface area (Å²) in [6, 6.07) is 10.6. The van der Waals surface area contributed by atoms with Gasteiger partial charge in [0.2, 0.25) is 0 Å². The van der Waals surface area contributed by atoms with Crippen LogP contribution >= 0.6 is 11.3 Å². The zero-order valence-electron chi connectivity index (χ0n) is 11.4. The monoisotopic (exact) mass is 311 g/mol. The Hall–Kier alpha value is -1.37. The highest BCUT2D eigenvalue weighted by Gasteiger charge is 2.23. The fraction of sp³-hybridized carbons (Fsp3) is 0.286. The van der Waals surface area contributed by atoms with Gasteiger partial charge in [0, 0.05) is 11.9 Å². The van der Waals surface area contributed by atoms with E-state index in [1.54, 1.807) is 18.2 Å². The van der Waals surface area contributed by atoms with Gasteiger partial charge >= 0.3 is 0 Å². The van der Waals surface area contributed by atoms with Crippen LogP contribution in [0.2, 0.25) is 0 Å². The van der Waals surface area contributed by atoms with Gasteiger partial charge in [0.15, 0.2) is 0 Å². The Morgan fingerprint density at radius 3 is 2.30 bits per heavy atom. The number of anilines is 1. The van der Waals surface area contributed by atoms with E-state index < -0.39 is 10.0 Å². The summed E-state index contributed by atoms with van der Waals surface area (Å²) in [7, 11) is -2.02. The highest BCUT2D eigenvalue weighted by Crippen LogP contribution is 2.27. The second-order valence-electron chi connectivity index (χ2n) is 4.37. The molecular weight excluding hydrogens is 294 g/mol. The number of benzene rings is 1. The fourth-order valence-corrected chi connectivity index (χ4v) is 4.38. The Morgan fingerprint density at radius 2 is 1.80 bits per heavy atom. The van der Waals surface area contributed by atoms with Gasteiger partial charge < -0.3 is 5.11 Å². The van der Waals surface area contributed by atoms with E-state index in [9.17, 15) is 8.42 Å². The molecule has 6 heteroatoms. The first-order chi connectivity index (χ1) is 9.48. The zero-order chi connectivity index (χ0) is 14.8. The maximum absolute atomic E-state index is 12.5. The molecule has 0 amide bonds. The molecule has 0 bridgehead atoms. The molecule has 0 spiro atoms. The molecule has 1 aromatic carbocycles.